The van der Waals surface area contributed by atoms with Crippen molar-refractivity contribution in [2.24, 2.45) is 0 Å². The van der Waals surface area contributed by atoms with E-state index in [9.17, 15) is 0 Å². The number of ether oxygens (including phenoxy) is 3. The van der Waals surface area contributed by atoms with Gasteiger partial charge >= 0.3 is 0 Å². The van der Waals surface area contributed by atoms with Crippen molar-refractivity contribution in [3.8, 4) is 0 Å². The fraction of sp³-hybridized carbons (Fsp3) is 0.833. The molecule has 19 heavy (non-hydrogen) atoms. The van der Waals surface area contributed by atoms with Gasteiger partial charge in [-0.15, -0.1) is 0 Å². The van der Waals surface area contributed by atoms with Gasteiger partial charge in [0.2, 0.25) is 5.13 Å². The maximum Gasteiger partial charge on any atom is 0.205 e. The minimum absolute atomic E-state index is 0.0531. The molecule has 6 nitrogen and oxygen atoms in total. The minimum atomic E-state index is -0.330. The molecule has 2 aliphatic rings. The van der Waals surface area contributed by atoms with Gasteiger partial charge in [-0.1, -0.05) is 0 Å². The summed E-state index contributed by atoms with van der Waals surface area (Å²) in [5, 5.41) is 0.965. The molecule has 0 radical (unpaired) electrons. The molecule has 3 rings (SSSR count). The van der Waals surface area contributed by atoms with Crippen LogP contribution in [-0.2, 0) is 14.2 Å². The monoisotopic (exact) mass is 285 g/mol. The van der Waals surface area contributed by atoms with Gasteiger partial charge in [-0.3, -0.25) is 0 Å². The van der Waals surface area contributed by atoms with Crippen LogP contribution in [0, 0.1) is 0 Å². The summed E-state index contributed by atoms with van der Waals surface area (Å²) in [5.74, 6) is 0.431. The van der Waals surface area contributed by atoms with Gasteiger partial charge in [0.05, 0.1) is 13.2 Å². The highest BCUT2D eigenvalue weighted by Gasteiger charge is 2.40. The predicted molar refractivity (Wildman–Crippen MR) is 71.4 cm³/mol. The van der Waals surface area contributed by atoms with Gasteiger partial charge in [0.1, 0.15) is 6.10 Å². The molecule has 0 N–H and O–H groups in total. The molecular formula is C12H19N3O3S. The molecular weight excluding hydrogens is 266 g/mol. The zero-order valence-electron chi connectivity index (χ0n) is 11.3. The van der Waals surface area contributed by atoms with Gasteiger partial charge in [-0.05, 0) is 6.92 Å². The molecule has 0 bridgehead atoms. The van der Waals surface area contributed by atoms with Crippen molar-refractivity contribution in [2.75, 3.05) is 38.3 Å². The van der Waals surface area contributed by atoms with Crippen molar-refractivity contribution in [3.05, 3.63) is 5.82 Å². The van der Waals surface area contributed by atoms with Crippen LogP contribution in [0.5, 0.6) is 0 Å². The molecule has 0 amide bonds. The first-order valence-corrected chi connectivity index (χ1v) is 7.39. The third kappa shape index (κ3) is 2.60. The Kier molecular flexibility index (Phi) is 3.70. The minimum Gasteiger partial charge on any atom is -0.374 e. The van der Waals surface area contributed by atoms with Gasteiger partial charge in [-0.2, -0.15) is 4.37 Å². The number of nitrogens with zero attached hydrogens (tertiary/aromatic N) is 3. The Balaban J connectivity index is 1.63. The lowest BCUT2D eigenvalue weighted by Gasteiger charge is -2.37. The molecule has 7 heteroatoms. The summed E-state index contributed by atoms with van der Waals surface area (Å²) in [5.41, 5.74) is 0. The smallest absolute Gasteiger partial charge is 0.205 e. The SMILES string of the molecule is COC(C)c1nsc(N2CCC3(CC2)OCCO3)n1. The van der Waals surface area contributed by atoms with Crippen LogP contribution in [0.4, 0.5) is 5.13 Å². The quantitative estimate of drug-likeness (QED) is 0.840. The Bertz CT molecular complexity index is 424. The van der Waals surface area contributed by atoms with Gasteiger partial charge < -0.3 is 19.1 Å². The van der Waals surface area contributed by atoms with Crippen LogP contribution in [0.3, 0.4) is 0 Å². The third-order valence-corrected chi connectivity index (χ3v) is 4.55. The van der Waals surface area contributed by atoms with E-state index >= 15 is 0 Å². The van der Waals surface area contributed by atoms with Gasteiger partial charge in [0.25, 0.3) is 0 Å². The molecule has 0 aliphatic carbocycles. The molecule has 1 atom stereocenters. The van der Waals surface area contributed by atoms with Crippen LogP contribution < -0.4 is 4.90 Å². The lowest BCUT2D eigenvalue weighted by molar-refractivity contribution is -0.169. The second kappa shape index (κ2) is 5.32. The Hall–Kier alpha value is -0.760. The Morgan fingerprint density at radius 1 is 1.32 bits per heavy atom. The van der Waals surface area contributed by atoms with E-state index < -0.39 is 0 Å². The molecule has 2 aliphatic heterocycles. The number of anilines is 1. The summed E-state index contributed by atoms with van der Waals surface area (Å²) in [7, 11) is 1.67. The first-order valence-electron chi connectivity index (χ1n) is 6.62. The molecule has 0 aromatic carbocycles. The number of rotatable bonds is 3. The molecule has 3 heterocycles. The van der Waals surface area contributed by atoms with E-state index in [1.165, 1.54) is 11.5 Å². The first-order chi connectivity index (χ1) is 9.22. The van der Waals surface area contributed by atoms with E-state index in [4.69, 9.17) is 14.2 Å². The van der Waals surface area contributed by atoms with E-state index in [2.05, 4.69) is 14.3 Å². The number of methoxy groups -OCH3 is 1. The fourth-order valence-corrected chi connectivity index (χ4v) is 3.25. The summed E-state index contributed by atoms with van der Waals surface area (Å²) in [4.78, 5) is 6.80. The fourth-order valence-electron chi connectivity index (χ4n) is 2.45. The van der Waals surface area contributed by atoms with Crippen LogP contribution in [0.25, 0.3) is 0 Å². The Labute approximate surface area is 116 Å². The highest BCUT2D eigenvalue weighted by atomic mass is 32.1. The molecule has 106 valence electrons. The van der Waals surface area contributed by atoms with E-state index in [1.54, 1.807) is 7.11 Å². The van der Waals surface area contributed by atoms with Crippen LogP contribution in [0.1, 0.15) is 31.7 Å². The van der Waals surface area contributed by atoms with Crippen LogP contribution in [0.15, 0.2) is 0 Å². The van der Waals surface area contributed by atoms with E-state index in [-0.39, 0.29) is 11.9 Å². The largest absolute Gasteiger partial charge is 0.374 e. The number of aromatic nitrogens is 2. The van der Waals surface area contributed by atoms with Gasteiger partial charge in [0.15, 0.2) is 11.6 Å². The van der Waals surface area contributed by atoms with Crippen molar-refractivity contribution in [2.45, 2.75) is 31.7 Å². The van der Waals surface area contributed by atoms with Crippen molar-refractivity contribution >= 4 is 16.7 Å². The summed E-state index contributed by atoms with van der Waals surface area (Å²) in [6.07, 6.45) is 1.73. The molecule has 1 aromatic rings. The molecule has 0 saturated carbocycles. The number of hydrogen-bond acceptors (Lipinski definition) is 7. The predicted octanol–water partition coefficient (Wildman–Crippen LogP) is 1.59. The standard InChI is InChI=1S/C12H19N3O3S/c1-9(16-2)10-13-11(19-14-10)15-5-3-12(4-6-15)17-7-8-18-12/h9H,3-8H2,1-2H3. The van der Waals surface area contributed by atoms with Crippen molar-refractivity contribution < 1.29 is 14.2 Å². The van der Waals surface area contributed by atoms with Gasteiger partial charge in [-0.25, -0.2) is 4.98 Å². The van der Waals surface area contributed by atoms with E-state index in [0.29, 0.717) is 13.2 Å². The molecule has 1 unspecified atom stereocenters. The summed E-state index contributed by atoms with van der Waals surface area (Å²) in [6.45, 7) is 5.19. The lowest BCUT2D eigenvalue weighted by Crippen LogP contribution is -2.45. The van der Waals surface area contributed by atoms with Crippen molar-refractivity contribution in [3.63, 3.8) is 0 Å². The maximum absolute atomic E-state index is 5.72. The lowest BCUT2D eigenvalue weighted by atomic mass is 10.0. The van der Waals surface area contributed by atoms with Crippen LogP contribution in [0.2, 0.25) is 0 Å². The van der Waals surface area contributed by atoms with Crippen LogP contribution >= 0.6 is 11.5 Å². The van der Waals surface area contributed by atoms with Crippen molar-refractivity contribution in [1.82, 2.24) is 9.36 Å². The summed E-state index contributed by atoms with van der Waals surface area (Å²) >= 11 is 1.43. The second-order valence-corrected chi connectivity index (χ2v) is 5.64. The molecule has 2 saturated heterocycles. The highest BCUT2D eigenvalue weighted by Crippen LogP contribution is 2.34. The Morgan fingerprint density at radius 3 is 2.63 bits per heavy atom. The number of piperidine rings is 1. The maximum atomic E-state index is 5.72. The zero-order chi connectivity index (χ0) is 13.3. The summed E-state index contributed by atoms with van der Waals surface area (Å²) in [6, 6.07) is 0. The third-order valence-electron chi connectivity index (χ3n) is 3.76. The Morgan fingerprint density at radius 2 is 2.00 bits per heavy atom. The topological polar surface area (TPSA) is 56.7 Å². The van der Waals surface area contributed by atoms with E-state index in [0.717, 1.165) is 36.9 Å². The molecule has 1 aromatic heterocycles. The molecule has 2 fully saturated rings. The highest BCUT2D eigenvalue weighted by molar-refractivity contribution is 7.09. The number of hydrogen-bond donors (Lipinski definition) is 0. The average molecular weight is 285 g/mol. The van der Waals surface area contributed by atoms with E-state index in [1.807, 2.05) is 6.92 Å². The zero-order valence-corrected chi connectivity index (χ0v) is 12.1. The molecule has 1 spiro atoms. The second-order valence-electron chi connectivity index (χ2n) is 4.91. The normalized spacial score (nSPS) is 24.0. The van der Waals surface area contributed by atoms with Crippen molar-refractivity contribution in [1.29, 1.82) is 0 Å². The summed E-state index contributed by atoms with van der Waals surface area (Å²) < 4.78 is 21.0. The van der Waals surface area contributed by atoms with Gasteiger partial charge in [0, 0.05) is 44.6 Å². The first kappa shape index (κ1) is 13.2. The average Bonchev–Trinajstić information content (AvgIpc) is 3.09. The van der Waals surface area contributed by atoms with Crippen LogP contribution in [-0.4, -0.2) is 48.6 Å².